The van der Waals surface area contributed by atoms with Crippen LogP contribution in [0.3, 0.4) is 0 Å². The number of carbonyl (C=O) groups excluding carboxylic acids is 1. The highest BCUT2D eigenvalue weighted by Gasteiger charge is 2.38. The lowest BCUT2D eigenvalue weighted by atomic mass is 10.0. The van der Waals surface area contributed by atoms with E-state index in [1.165, 1.54) is 6.07 Å². The molecule has 4 aromatic rings. The van der Waals surface area contributed by atoms with E-state index in [0.29, 0.717) is 52.3 Å². The van der Waals surface area contributed by atoms with Gasteiger partial charge in [0.1, 0.15) is 18.0 Å². The number of aromatic nitrogens is 3. The Morgan fingerprint density at radius 2 is 2.00 bits per heavy atom. The molecule has 10 nitrogen and oxygen atoms in total. The summed E-state index contributed by atoms with van der Waals surface area (Å²) in [6.07, 6.45) is 0. The number of benzene rings is 2. The molecule has 0 unspecified atom stereocenters. The zero-order chi connectivity index (χ0) is 26.9. The van der Waals surface area contributed by atoms with Crippen LogP contribution < -0.4 is 4.74 Å². The summed E-state index contributed by atoms with van der Waals surface area (Å²) >= 11 is 0. The molecule has 0 radical (unpaired) electrons. The molecule has 2 aromatic heterocycles. The van der Waals surface area contributed by atoms with Gasteiger partial charge < -0.3 is 23.6 Å². The molecule has 2 aliphatic heterocycles. The Morgan fingerprint density at radius 3 is 2.77 bits per heavy atom. The van der Waals surface area contributed by atoms with Gasteiger partial charge in [-0.2, -0.15) is 5.10 Å². The summed E-state index contributed by atoms with van der Waals surface area (Å²) in [5, 5.41) is 11.9. The predicted molar refractivity (Wildman–Crippen MR) is 141 cm³/mol. The Balaban J connectivity index is 1.12. The Hall–Kier alpha value is -3.80. The van der Waals surface area contributed by atoms with Gasteiger partial charge in [-0.25, -0.2) is 4.39 Å². The molecular weight excluding hydrogens is 505 g/mol. The SMILES string of the molecule is COCCOc1cc2[nH]nc(-c3cc(-c4ccc(C(=O)N5CC(N6CCOC[C@H]6C)C5)cc4)no3)c2cc1F. The monoisotopic (exact) mass is 535 g/mol. The van der Waals surface area contributed by atoms with Crippen LogP contribution in [0.1, 0.15) is 17.3 Å². The van der Waals surface area contributed by atoms with Gasteiger partial charge in [0.25, 0.3) is 5.91 Å². The lowest BCUT2D eigenvalue weighted by Crippen LogP contribution is -2.64. The molecule has 2 aliphatic rings. The van der Waals surface area contributed by atoms with Gasteiger partial charge >= 0.3 is 0 Å². The van der Waals surface area contributed by atoms with Crippen LogP contribution in [-0.2, 0) is 9.47 Å². The average Bonchev–Trinajstić information content (AvgIpc) is 3.56. The first-order chi connectivity index (χ1) is 19.0. The number of carbonyl (C=O) groups is 1. The summed E-state index contributed by atoms with van der Waals surface area (Å²) in [6, 6.07) is 12.7. The van der Waals surface area contributed by atoms with Crippen molar-refractivity contribution in [2.75, 3.05) is 53.2 Å². The smallest absolute Gasteiger partial charge is 0.253 e. The molecule has 204 valence electrons. The number of ether oxygens (including phenoxy) is 3. The van der Waals surface area contributed by atoms with E-state index in [9.17, 15) is 9.18 Å². The normalized spacial score (nSPS) is 18.4. The lowest BCUT2D eigenvalue weighted by Gasteiger charge is -2.49. The molecule has 2 fully saturated rings. The lowest BCUT2D eigenvalue weighted by molar-refractivity contribution is -0.0559. The fourth-order valence-corrected chi connectivity index (χ4v) is 5.15. The summed E-state index contributed by atoms with van der Waals surface area (Å²) in [6.45, 7) is 6.63. The van der Waals surface area contributed by atoms with E-state index in [0.717, 1.165) is 38.4 Å². The first-order valence-electron chi connectivity index (χ1n) is 13.0. The molecule has 1 atom stereocenters. The Morgan fingerprint density at radius 1 is 1.18 bits per heavy atom. The molecule has 11 heteroatoms. The number of nitrogens with one attached hydrogen (secondary N) is 1. The maximum Gasteiger partial charge on any atom is 0.253 e. The molecule has 2 aromatic carbocycles. The minimum atomic E-state index is -0.505. The fourth-order valence-electron chi connectivity index (χ4n) is 5.15. The molecule has 4 heterocycles. The summed E-state index contributed by atoms with van der Waals surface area (Å²) in [5.74, 6) is 0.0317. The van der Waals surface area contributed by atoms with Crippen LogP contribution in [0.4, 0.5) is 4.39 Å². The molecule has 0 aliphatic carbocycles. The summed E-state index contributed by atoms with van der Waals surface area (Å²) in [4.78, 5) is 17.3. The molecule has 1 N–H and O–H groups in total. The van der Waals surface area contributed by atoms with Crippen LogP contribution in [0.25, 0.3) is 33.6 Å². The second-order valence-corrected chi connectivity index (χ2v) is 9.92. The van der Waals surface area contributed by atoms with E-state index in [1.54, 1.807) is 31.4 Å². The molecule has 6 rings (SSSR count). The quantitative estimate of drug-likeness (QED) is 0.341. The van der Waals surface area contributed by atoms with Gasteiger partial charge in [-0.05, 0) is 25.1 Å². The first-order valence-corrected chi connectivity index (χ1v) is 13.0. The van der Waals surface area contributed by atoms with Gasteiger partial charge in [-0.1, -0.05) is 17.3 Å². The van der Waals surface area contributed by atoms with Crippen molar-refractivity contribution in [1.29, 1.82) is 0 Å². The second-order valence-electron chi connectivity index (χ2n) is 9.92. The van der Waals surface area contributed by atoms with E-state index < -0.39 is 5.82 Å². The van der Waals surface area contributed by atoms with Crippen LogP contribution in [0.2, 0.25) is 0 Å². The third-order valence-electron chi connectivity index (χ3n) is 7.37. The second kappa shape index (κ2) is 10.8. The number of halogens is 1. The van der Waals surface area contributed by atoms with Crippen LogP contribution in [0.5, 0.6) is 5.75 Å². The highest BCUT2D eigenvalue weighted by Crippen LogP contribution is 2.33. The zero-order valence-electron chi connectivity index (χ0n) is 21.9. The van der Waals surface area contributed by atoms with E-state index >= 15 is 0 Å². The third kappa shape index (κ3) is 5.00. The number of morpholine rings is 1. The molecule has 0 saturated carbocycles. The van der Waals surface area contributed by atoms with Gasteiger partial charge in [0, 0.05) is 67.5 Å². The number of H-pyrrole nitrogens is 1. The minimum Gasteiger partial charge on any atom is -0.488 e. The van der Waals surface area contributed by atoms with E-state index in [1.807, 2.05) is 17.0 Å². The van der Waals surface area contributed by atoms with Crippen LogP contribution in [0.15, 0.2) is 47.0 Å². The summed E-state index contributed by atoms with van der Waals surface area (Å²) in [5.41, 5.74) is 3.07. The molecule has 1 amide bonds. The fraction of sp³-hybridized carbons (Fsp3) is 0.393. The number of rotatable bonds is 8. The van der Waals surface area contributed by atoms with Crippen molar-refractivity contribution in [2.45, 2.75) is 19.0 Å². The van der Waals surface area contributed by atoms with Crippen molar-refractivity contribution >= 4 is 16.8 Å². The van der Waals surface area contributed by atoms with Crippen molar-refractivity contribution in [3.05, 3.63) is 53.8 Å². The number of fused-ring (bicyclic) bond motifs is 1. The van der Waals surface area contributed by atoms with Gasteiger partial charge in [-0.15, -0.1) is 0 Å². The van der Waals surface area contributed by atoms with Gasteiger partial charge in [0.2, 0.25) is 0 Å². The highest BCUT2D eigenvalue weighted by molar-refractivity contribution is 5.95. The minimum absolute atomic E-state index is 0.0233. The van der Waals surface area contributed by atoms with E-state index in [2.05, 4.69) is 27.2 Å². The molecule has 2 saturated heterocycles. The zero-order valence-corrected chi connectivity index (χ0v) is 21.9. The summed E-state index contributed by atoms with van der Waals surface area (Å²) < 4.78 is 36.1. The largest absolute Gasteiger partial charge is 0.488 e. The molecule has 0 bridgehead atoms. The highest BCUT2D eigenvalue weighted by atomic mass is 19.1. The Kier molecular flexibility index (Phi) is 7.03. The van der Waals surface area contributed by atoms with Gasteiger partial charge in [0.15, 0.2) is 17.3 Å². The molecular formula is C28H30FN5O5. The number of hydrogen-bond donors (Lipinski definition) is 1. The number of methoxy groups -OCH3 is 1. The predicted octanol–water partition coefficient (Wildman–Crippen LogP) is 3.59. The number of nitrogens with zero attached hydrogens (tertiary/aromatic N) is 4. The summed E-state index contributed by atoms with van der Waals surface area (Å²) in [7, 11) is 1.55. The van der Waals surface area contributed by atoms with Crippen LogP contribution in [0, 0.1) is 5.82 Å². The van der Waals surface area contributed by atoms with Crippen molar-refractivity contribution in [3.63, 3.8) is 0 Å². The Bertz CT molecular complexity index is 1460. The maximum atomic E-state index is 14.6. The van der Waals surface area contributed by atoms with Crippen molar-refractivity contribution < 1.29 is 27.9 Å². The molecule has 0 spiro atoms. The topological polar surface area (TPSA) is 106 Å². The number of aromatic amines is 1. The number of likely N-dealkylation sites (tertiary alicyclic amines) is 1. The maximum absolute atomic E-state index is 14.6. The molecule has 39 heavy (non-hydrogen) atoms. The van der Waals surface area contributed by atoms with Crippen LogP contribution in [-0.4, -0.2) is 96.3 Å². The number of amides is 1. The van der Waals surface area contributed by atoms with E-state index in [4.69, 9.17) is 18.7 Å². The van der Waals surface area contributed by atoms with Crippen molar-refractivity contribution in [3.8, 4) is 28.5 Å². The van der Waals surface area contributed by atoms with Crippen LogP contribution >= 0.6 is 0 Å². The van der Waals surface area contributed by atoms with Crippen molar-refractivity contribution in [1.82, 2.24) is 25.2 Å². The third-order valence-corrected chi connectivity index (χ3v) is 7.37. The first kappa shape index (κ1) is 25.5. The average molecular weight is 536 g/mol. The van der Waals surface area contributed by atoms with Crippen molar-refractivity contribution in [2.24, 2.45) is 0 Å². The van der Waals surface area contributed by atoms with Gasteiger partial charge in [0.05, 0.1) is 25.3 Å². The van der Waals surface area contributed by atoms with Gasteiger partial charge in [-0.3, -0.25) is 14.8 Å². The number of hydrogen-bond acceptors (Lipinski definition) is 8. The van der Waals surface area contributed by atoms with E-state index in [-0.39, 0.29) is 18.3 Å². The Labute approximate surface area is 224 Å². The standard InChI is InChI=1S/C28H30FN5O5/c1-17-16-37-8-7-34(17)20-14-33(15-20)28(35)19-5-3-18(4-6-19)23-12-26(39-32-23)27-21-11-22(29)25(38-10-9-36-2)13-24(21)30-31-27/h3-6,11-13,17,20H,7-10,14-16H2,1-2H3,(H,30,31)/t17-/m1/s1.